The van der Waals surface area contributed by atoms with Crippen LogP contribution in [0.4, 0.5) is 0 Å². The van der Waals surface area contributed by atoms with E-state index in [1.807, 2.05) is 0 Å². The number of rotatable bonds is 4. The van der Waals surface area contributed by atoms with E-state index in [1.165, 1.54) is 12.8 Å². The highest BCUT2D eigenvalue weighted by atomic mass is 14.7. The zero-order valence-corrected chi connectivity index (χ0v) is 6.30. The maximum atomic E-state index is 4.19. The summed E-state index contributed by atoms with van der Waals surface area (Å²) in [4.78, 5) is 4.19. The average molecular weight is 125 g/mol. The Balaban J connectivity index is 3.35. The highest BCUT2D eigenvalue weighted by Crippen LogP contribution is 1.98. The first-order valence-corrected chi connectivity index (χ1v) is 3.45. The molecule has 52 valence electrons. The lowest BCUT2D eigenvalue weighted by atomic mass is 10.2. The largest absolute Gasteiger partial charge is 0.290 e. The van der Waals surface area contributed by atoms with Crippen LogP contribution in [0.25, 0.3) is 0 Å². The van der Waals surface area contributed by atoms with Crippen molar-refractivity contribution < 1.29 is 0 Å². The van der Waals surface area contributed by atoms with Gasteiger partial charge in [-0.25, -0.2) is 0 Å². The molecule has 0 rings (SSSR count). The van der Waals surface area contributed by atoms with E-state index in [2.05, 4.69) is 25.4 Å². The van der Waals surface area contributed by atoms with E-state index in [4.69, 9.17) is 0 Å². The van der Waals surface area contributed by atoms with Crippen LogP contribution in [0.5, 0.6) is 0 Å². The molecular weight excluding hydrogens is 110 g/mol. The van der Waals surface area contributed by atoms with Crippen LogP contribution in [0.1, 0.15) is 26.7 Å². The van der Waals surface area contributed by atoms with Crippen molar-refractivity contribution in [1.29, 1.82) is 0 Å². The number of allylic oxidation sites excluding steroid dienone is 1. The average Bonchev–Trinajstić information content (AvgIpc) is 1.85. The van der Waals surface area contributed by atoms with E-state index in [1.54, 1.807) is 12.3 Å². The summed E-state index contributed by atoms with van der Waals surface area (Å²) < 4.78 is 0. The Morgan fingerprint density at radius 1 is 1.67 bits per heavy atom. The first-order chi connectivity index (χ1) is 4.31. The molecule has 1 nitrogen and oxygen atoms in total. The van der Waals surface area contributed by atoms with Gasteiger partial charge in [-0.2, -0.15) is 0 Å². The number of hydrogen-bond donors (Lipinski definition) is 0. The van der Waals surface area contributed by atoms with Crippen LogP contribution in [-0.2, 0) is 0 Å². The van der Waals surface area contributed by atoms with Gasteiger partial charge < -0.3 is 0 Å². The standard InChI is InChI=1S/C8H15N/c1-4-6-8(3)9-7-5-2/h5,7-8H,2,4,6H2,1,3H3/b9-7-. The predicted molar refractivity (Wildman–Crippen MR) is 43.1 cm³/mol. The van der Waals surface area contributed by atoms with E-state index in [9.17, 15) is 0 Å². The first-order valence-electron chi connectivity index (χ1n) is 3.45. The fourth-order valence-electron chi connectivity index (χ4n) is 0.700. The van der Waals surface area contributed by atoms with Gasteiger partial charge in [-0.3, -0.25) is 4.99 Å². The molecule has 1 heteroatoms. The zero-order valence-electron chi connectivity index (χ0n) is 6.30. The normalized spacial score (nSPS) is 14.0. The Morgan fingerprint density at radius 2 is 2.33 bits per heavy atom. The Bertz CT molecular complexity index is 94.7. The Kier molecular flexibility index (Phi) is 5.18. The second kappa shape index (κ2) is 5.54. The van der Waals surface area contributed by atoms with Crippen LogP contribution in [0, 0.1) is 0 Å². The monoisotopic (exact) mass is 125 g/mol. The molecule has 0 radical (unpaired) electrons. The number of aliphatic imine (C=N–C) groups is 1. The molecule has 9 heavy (non-hydrogen) atoms. The lowest BCUT2D eigenvalue weighted by Crippen LogP contribution is -1.95. The van der Waals surface area contributed by atoms with Crippen molar-refractivity contribution in [1.82, 2.24) is 0 Å². The van der Waals surface area contributed by atoms with E-state index >= 15 is 0 Å². The summed E-state index contributed by atoms with van der Waals surface area (Å²) in [6.07, 6.45) is 5.85. The molecule has 0 aromatic heterocycles. The topological polar surface area (TPSA) is 12.4 Å². The molecule has 0 aliphatic heterocycles. The smallest absolute Gasteiger partial charge is 0.0471 e. The lowest BCUT2D eigenvalue weighted by Gasteiger charge is -1.99. The molecule has 0 saturated heterocycles. The van der Waals surface area contributed by atoms with Gasteiger partial charge in [0.15, 0.2) is 0 Å². The van der Waals surface area contributed by atoms with Gasteiger partial charge in [-0.1, -0.05) is 26.0 Å². The highest BCUT2D eigenvalue weighted by molar-refractivity contribution is 5.70. The van der Waals surface area contributed by atoms with Crippen LogP contribution in [0.3, 0.4) is 0 Å². The van der Waals surface area contributed by atoms with Crippen molar-refractivity contribution in [2.45, 2.75) is 32.7 Å². The van der Waals surface area contributed by atoms with Crippen molar-refractivity contribution in [3.8, 4) is 0 Å². The van der Waals surface area contributed by atoms with Gasteiger partial charge in [0.2, 0.25) is 0 Å². The summed E-state index contributed by atoms with van der Waals surface area (Å²) in [5, 5.41) is 0. The summed E-state index contributed by atoms with van der Waals surface area (Å²) >= 11 is 0. The SMILES string of the molecule is C=C/C=N\C(C)CCC. The summed E-state index contributed by atoms with van der Waals surface area (Å²) in [5.41, 5.74) is 0. The zero-order chi connectivity index (χ0) is 7.11. The summed E-state index contributed by atoms with van der Waals surface area (Å²) in [7, 11) is 0. The third-order valence-electron chi connectivity index (χ3n) is 1.15. The van der Waals surface area contributed by atoms with Gasteiger partial charge in [-0.05, 0) is 13.3 Å². The molecule has 0 saturated carbocycles. The third-order valence-corrected chi connectivity index (χ3v) is 1.15. The highest BCUT2D eigenvalue weighted by Gasteiger charge is 1.91. The second-order valence-corrected chi connectivity index (χ2v) is 2.17. The van der Waals surface area contributed by atoms with Gasteiger partial charge in [0.1, 0.15) is 0 Å². The third kappa shape index (κ3) is 5.28. The van der Waals surface area contributed by atoms with Crippen molar-refractivity contribution in [2.75, 3.05) is 0 Å². The van der Waals surface area contributed by atoms with Gasteiger partial charge in [0, 0.05) is 12.3 Å². The van der Waals surface area contributed by atoms with Crippen LogP contribution < -0.4 is 0 Å². The van der Waals surface area contributed by atoms with Crippen molar-refractivity contribution in [2.24, 2.45) is 4.99 Å². The van der Waals surface area contributed by atoms with Crippen LogP contribution in [0.15, 0.2) is 17.6 Å². The van der Waals surface area contributed by atoms with Gasteiger partial charge >= 0.3 is 0 Å². The number of hydrogen-bond acceptors (Lipinski definition) is 1. The summed E-state index contributed by atoms with van der Waals surface area (Å²) in [6.45, 7) is 7.82. The minimum atomic E-state index is 0.466. The molecule has 0 aliphatic carbocycles. The van der Waals surface area contributed by atoms with Crippen molar-refractivity contribution in [3.63, 3.8) is 0 Å². The predicted octanol–water partition coefficient (Wildman–Crippen LogP) is 2.43. The van der Waals surface area contributed by atoms with Crippen LogP contribution in [0.2, 0.25) is 0 Å². The number of nitrogens with zero attached hydrogens (tertiary/aromatic N) is 1. The Labute approximate surface area is 57.5 Å². The molecule has 0 aliphatic rings. The van der Waals surface area contributed by atoms with Gasteiger partial charge in [0.05, 0.1) is 0 Å². The van der Waals surface area contributed by atoms with Gasteiger partial charge in [0.25, 0.3) is 0 Å². The summed E-state index contributed by atoms with van der Waals surface area (Å²) in [5.74, 6) is 0. The van der Waals surface area contributed by atoms with Crippen molar-refractivity contribution >= 4 is 6.21 Å². The van der Waals surface area contributed by atoms with E-state index in [0.717, 1.165) is 0 Å². The Morgan fingerprint density at radius 3 is 2.78 bits per heavy atom. The molecule has 0 aromatic carbocycles. The quantitative estimate of drug-likeness (QED) is 0.512. The lowest BCUT2D eigenvalue weighted by molar-refractivity contribution is 0.657. The molecule has 0 fully saturated rings. The van der Waals surface area contributed by atoms with Crippen LogP contribution >= 0.6 is 0 Å². The van der Waals surface area contributed by atoms with Crippen molar-refractivity contribution in [3.05, 3.63) is 12.7 Å². The molecule has 0 spiro atoms. The minimum absolute atomic E-state index is 0.466. The molecule has 0 N–H and O–H groups in total. The fraction of sp³-hybridized carbons (Fsp3) is 0.625. The molecular formula is C8H15N. The first kappa shape index (κ1) is 8.41. The van der Waals surface area contributed by atoms with Crippen LogP contribution in [-0.4, -0.2) is 12.3 Å². The van der Waals surface area contributed by atoms with Gasteiger partial charge in [-0.15, -0.1) is 0 Å². The Hall–Kier alpha value is -0.590. The minimum Gasteiger partial charge on any atom is -0.290 e. The van der Waals surface area contributed by atoms with E-state index in [0.29, 0.717) is 6.04 Å². The molecule has 0 amide bonds. The van der Waals surface area contributed by atoms with E-state index in [-0.39, 0.29) is 0 Å². The second-order valence-electron chi connectivity index (χ2n) is 2.17. The maximum absolute atomic E-state index is 4.19. The summed E-state index contributed by atoms with van der Waals surface area (Å²) in [6, 6.07) is 0.466. The maximum Gasteiger partial charge on any atom is 0.0471 e. The molecule has 1 unspecified atom stereocenters. The molecule has 0 bridgehead atoms. The fourth-order valence-corrected chi connectivity index (χ4v) is 0.700. The molecule has 0 heterocycles. The molecule has 0 aromatic rings. The molecule has 1 atom stereocenters. The van der Waals surface area contributed by atoms with E-state index < -0.39 is 0 Å².